The zero-order valence-electron chi connectivity index (χ0n) is 10.7. The summed E-state index contributed by atoms with van der Waals surface area (Å²) >= 11 is 0. The Morgan fingerprint density at radius 1 is 1.42 bits per heavy atom. The van der Waals surface area contributed by atoms with Gasteiger partial charge in [-0.3, -0.25) is 0 Å². The van der Waals surface area contributed by atoms with Gasteiger partial charge in [-0.25, -0.2) is 4.98 Å². The molecule has 3 nitrogen and oxygen atoms in total. The van der Waals surface area contributed by atoms with Gasteiger partial charge in [0.2, 0.25) is 0 Å². The summed E-state index contributed by atoms with van der Waals surface area (Å²) < 4.78 is 38.0. The molecule has 0 amide bonds. The number of halogens is 3. The van der Waals surface area contributed by atoms with Crippen molar-refractivity contribution in [3.8, 4) is 0 Å². The summed E-state index contributed by atoms with van der Waals surface area (Å²) in [5, 5.41) is 0. The number of nitrogens with zero attached hydrogens (tertiary/aromatic N) is 2. The first-order valence-electron chi connectivity index (χ1n) is 6.49. The molecule has 1 saturated heterocycles. The van der Waals surface area contributed by atoms with E-state index in [1.165, 1.54) is 6.20 Å². The minimum atomic E-state index is -4.32. The number of pyridine rings is 1. The lowest BCUT2D eigenvalue weighted by atomic mass is 9.95. The first-order valence-corrected chi connectivity index (χ1v) is 6.49. The first kappa shape index (κ1) is 14.1. The molecule has 0 radical (unpaired) electrons. The van der Waals surface area contributed by atoms with Crippen molar-refractivity contribution in [2.24, 2.45) is 11.7 Å². The molecule has 1 aliphatic rings. The molecule has 0 spiro atoms. The maximum Gasteiger partial charge on any atom is 0.416 e. The highest BCUT2D eigenvalue weighted by Crippen LogP contribution is 2.31. The Labute approximate surface area is 110 Å². The fraction of sp³-hybridized carbons (Fsp3) is 0.615. The van der Waals surface area contributed by atoms with Crippen molar-refractivity contribution in [1.29, 1.82) is 0 Å². The quantitative estimate of drug-likeness (QED) is 0.920. The predicted octanol–water partition coefficient (Wildman–Crippen LogP) is 2.67. The van der Waals surface area contributed by atoms with Crippen molar-refractivity contribution < 1.29 is 13.2 Å². The summed E-state index contributed by atoms with van der Waals surface area (Å²) in [4.78, 5) is 6.00. The van der Waals surface area contributed by atoms with Crippen LogP contribution in [0, 0.1) is 5.92 Å². The average Bonchev–Trinajstić information content (AvgIpc) is 2.39. The number of piperidine rings is 1. The molecule has 1 unspecified atom stereocenters. The summed E-state index contributed by atoms with van der Waals surface area (Å²) in [5.41, 5.74) is 4.90. The molecule has 1 aromatic rings. The van der Waals surface area contributed by atoms with Crippen molar-refractivity contribution in [3.05, 3.63) is 23.9 Å². The molecule has 1 aliphatic heterocycles. The SMILES string of the molecule is NCCC1CCCN(c2cc(C(F)(F)F)ccn2)C1. The second-order valence-corrected chi connectivity index (χ2v) is 4.93. The zero-order chi connectivity index (χ0) is 13.9. The number of aromatic nitrogens is 1. The molecule has 0 aromatic carbocycles. The Balaban J connectivity index is 2.13. The van der Waals surface area contributed by atoms with E-state index in [2.05, 4.69) is 4.98 Å². The minimum absolute atomic E-state index is 0.413. The molecule has 19 heavy (non-hydrogen) atoms. The Hall–Kier alpha value is -1.30. The van der Waals surface area contributed by atoms with Gasteiger partial charge in [0.1, 0.15) is 5.82 Å². The van der Waals surface area contributed by atoms with E-state index in [4.69, 9.17) is 5.73 Å². The predicted molar refractivity (Wildman–Crippen MR) is 67.8 cm³/mol. The van der Waals surface area contributed by atoms with Crippen LogP contribution in [-0.2, 0) is 6.18 Å². The Morgan fingerprint density at radius 2 is 2.21 bits per heavy atom. The minimum Gasteiger partial charge on any atom is -0.356 e. The fourth-order valence-corrected chi connectivity index (χ4v) is 2.51. The molecule has 2 rings (SSSR count). The van der Waals surface area contributed by atoms with E-state index in [0.29, 0.717) is 18.3 Å². The van der Waals surface area contributed by atoms with Gasteiger partial charge in [0, 0.05) is 19.3 Å². The van der Waals surface area contributed by atoms with Crippen LogP contribution in [0.3, 0.4) is 0 Å². The largest absolute Gasteiger partial charge is 0.416 e. The molecular formula is C13H18F3N3. The molecule has 1 aromatic heterocycles. The molecule has 2 heterocycles. The third-order valence-electron chi connectivity index (χ3n) is 3.49. The van der Waals surface area contributed by atoms with E-state index in [1.807, 2.05) is 4.90 Å². The molecule has 0 bridgehead atoms. The highest BCUT2D eigenvalue weighted by Gasteiger charge is 2.31. The van der Waals surface area contributed by atoms with Crippen LogP contribution in [0.25, 0.3) is 0 Å². The Bertz CT molecular complexity index is 418. The molecular weight excluding hydrogens is 255 g/mol. The molecule has 0 aliphatic carbocycles. The number of hydrogen-bond donors (Lipinski definition) is 1. The Kier molecular flexibility index (Phi) is 4.29. The third kappa shape index (κ3) is 3.59. The van der Waals surface area contributed by atoms with Crippen LogP contribution < -0.4 is 10.6 Å². The number of anilines is 1. The molecule has 6 heteroatoms. The van der Waals surface area contributed by atoms with Gasteiger partial charge < -0.3 is 10.6 Å². The van der Waals surface area contributed by atoms with Crippen LogP contribution in [0.5, 0.6) is 0 Å². The van der Waals surface area contributed by atoms with Crippen molar-refractivity contribution in [1.82, 2.24) is 4.98 Å². The number of hydrogen-bond acceptors (Lipinski definition) is 3. The third-order valence-corrected chi connectivity index (χ3v) is 3.49. The summed E-state index contributed by atoms with van der Waals surface area (Å²) in [7, 11) is 0. The lowest BCUT2D eigenvalue weighted by Gasteiger charge is -2.33. The van der Waals surface area contributed by atoms with E-state index in [-0.39, 0.29) is 0 Å². The topological polar surface area (TPSA) is 42.1 Å². The van der Waals surface area contributed by atoms with Gasteiger partial charge in [-0.15, -0.1) is 0 Å². The van der Waals surface area contributed by atoms with Crippen LogP contribution in [0.15, 0.2) is 18.3 Å². The van der Waals surface area contributed by atoms with E-state index in [9.17, 15) is 13.2 Å². The maximum atomic E-state index is 12.7. The second-order valence-electron chi connectivity index (χ2n) is 4.93. The lowest BCUT2D eigenvalue weighted by molar-refractivity contribution is -0.137. The zero-order valence-corrected chi connectivity index (χ0v) is 10.7. The van der Waals surface area contributed by atoms with Gasteiger partial charge in [0.25, 0.3) is 0 Å². The van der Waals surface area contributed by atoms with Crippen LogP contribution in [-0.4, -0.2) is 24.6 Å². The van der Waals surface area contributed by atoms with Crippen molar-refractivity contribution in [3.63, 3.8) is 0 Å². The van der Waals surface area contributed by atoms with E-state index >= 15 is 0 Å². The molecule has 2 N–H and O–H groups in total. The van der Waals surface area contributed by atoms with Crippen LogP contribution >= 0.6 is 0 Å². The van der Waals surface area contributed by atoms with Gasteiger partial charge in [-0.05, 0) is 43.9 Å². The van der Waals surface area contributed by atoms with Crippen LogP contribution in [0.2, 0.25) is 0 Å². The summed E-state index contributed by atoms with van der Waals surface area (Å²) in [5.74, 6) is 0.867. The summed E-state index contributed by atoms with van der Waals surface area (Å²) in [6.45, 7) is 2.12. The van der Waals surface area contributed by atoms with Gasteiger partial charge in [-0.2, -0.15) is 13.2 Å². The smallest absolute Gasteiger partial charge is 0.356 e. The van der Waals surface area contributed by atoms with Crippen molar-refractivity contribution >= 4 is 5.82 Å². The number of alkyl halides is 3. The maximum absolute atomic E-state index is 12.7. The molecule has 106 valence electrons. The van der Waals surface area contributed by atoms with Gasteiger partial charge >= 0.3 is 6.18 Å². The number of rotatable bonds is 3. The van der Waals surface area contributed by atoms with Gasteiger partial charge in [-0.1, -0.05) is 0 Å². The van der Waals surface area contributed by atoms with Crippen LogP contribution in [0.4, 0.5) is 19.0 Å². The average molecular weight is 273 g/mol. The summed E-state index contributed by atoms with van der Waals surface area (Å²) in [6, 6.07) is 2.13. The second kappa shape index (κ2) is 5.77. The van der Waals surface area contributed by atoms with E-state index < -0.39 is 11.7 Å². The van der Waals surface area contributed by atoms with E-state index in [1.54, 1.807) is 0 Å². The normalized spacial score (nSPS) is 20.6. The fourth-order valence-electron chi connectivity index (χ4n) is 2.51. The lowest BCUT2D eigenvalue weighted by Crippen LogP contribution is -2.36. The molecule has 0 saturated carbocycles. The van der Waals surface area contributed by atoms with Crippen molar-refractivity contribution in [2.45, 2.75) is 25.4 Å². The monoisotopic (exact) mass is 273 g/mol. The number of nitrogens with two attached hydrogens (primary N) is 1. The highest BCUT2D eigenvalue weighted by atomic mass is 19.4. The summed E-state index contributed by atoms with van der Waals surface area (Å²) in [6.07, 6.45) is -0.112. The van der Waals surface area contributed by atoms with E-state index in [0.717, 1.165) is 44.5 Å². The van der Waals surface area contributed by atoms with Crippen molar-refractivity contribution in [2.75, 3.05) is 24.5 Å². The molecule has 1 fully saturated rings. The molecule has 1 atom stereocenters. The van der Waals surface area contributed by atoms with Crippen LogP contribution in [0.1, 0.15) is 24.8 Å². The highest BCUT2D eigenvalue weighted by molar-refractivity contribution is 5.42. The first-order chi connectivity index (χ1) is 9.00. The Morgan fingerprint density at radius 3 is 2.89 bits per heavy atom. The standard InChI is InChI=1S/C13H18F3N3/c14-13(15,16)11-4-6-18-12(8-11)19-7-1-2-10(9-19)3-5-17/h4,6,8,10H,1-3,5,7,9,17H2. The van der Waals surface area contributed by atoms with Gasteiger partial charge in [0.15, 0.2) is 0 Å². The van der Waals surface area contributed by atoms with Gasteiger partial charge in [0.05, 0.1) is 5.56 Å².